The molecule has 5 rings (SSSR count). The van der Waals surface area contributed by atoms with Crippen LogP contribution in [-0.4, -0.2) is 23.0 Å². The maximum Gasteiger partial charge on any atom is 0.220 e. The molecule has 28 heavy (non-hydrogen) atoms. The topological polar surface area (TPSA) is 51.2 Å². The number of nitrogens with one attached hydrogen (secondary N) is 1. The Hall–Kier alpha value is -1.42. The van der Waals surface area contributed by atoms with Crippen molar-refractivity contribution in [2.24, 2.45) is 28.6 Å². The first-order chi connectivity index (χ1) is 13.5. The lowest BCUT2D eigenvalue weighted by atomic mass is 9.47. The summed E-state index contributed by atoms with van der Waals surface area (Å²) >= 11 is 0. The van der Waals surface area contributed by atoms with Crippen molar-refractivity contribution in [1.29, 1.82) is 0 Å². The molecule has 0 spiro atoms. The van der Waals surface area contributed by atoms with Crippen molar-refractivity contribution in [2.45, 2.75) is 84.0 Å². The van der Waals surface area contributed by atoms with E-state index >= 15 is 0 Å². The van der Waals surface area contributed by atoms with Gasteiger partial charge in [-0.05, 0) is 85.7 Å². The molecule has 1 amide bonds. The van der Waals surface area contributed by atoms with Crippen LogP contribution < -0.4 is 5.32 Å². The average molecular weight is 383 g/mol. The third-order valence-corrected chi connectivity index (χ3v) is 9.17. The number of fused-ring (bicyclic) bond motifs is 5. The van der Waals surface area contributed by atoms with Crippen LogP contribution in [0.15, 0.2) is 24.4 Å². The van der Waals surface area contributed by atoms with E-state index in [0.29, 0.717) is 36.0 Å². The highest BCUT2D eigenvalue weighted by molar-refractivity contribution is 5.77. The van der Waals surface area contributed by atoms with E-state index in [0.717, 1.165) is 36.3 Å². The maximum atomic E-state index is 12.0. The van der Waals surface area contributed by atoms with Gasteiger partial charge in [-0.25, -0.2) is 0 Å². The van der Waals surface area contributed by atoms with Crippen LogP contribution in [0.3, 0.4) is 0 Å². The zero-order chi connectivity index (χ0) is 19.4. The Balaban J connectivity index is 1.32. The zero-order valence-corrected chi connectivity index (χ0v) is 17.3. The number of pyridine rings is 1. The van der Waals surface area contributed by atoms with Gasteiger partial charge in [0.15, 0.2) is 0 Å². The molecule has 4 heteroatoms. The Morgan fingerprint density at radius 1 is 1.07 bits per heavy atom. The molecule has 3 aliphatic carbocycles. The lowest BCUT2D eigenvalue weighted by molar-refractivity contribution is -0.141. The standard InChI is InChI=1S/C24H34N2O2/c1-23-13-11-22(27)26-20(23)8-6-17-18-7-9-21(24(18,2)12-10-19(17)23)28-15-16-5-3-4-14-25-16/h3-5,14,17-21H,6-13,15H2,1-2H3,(H,26,27)/t17-,18-,19-,20+,21-,23+,24-/m0/s1. The van der Waals surface area contributed by atoms with E-state index in [1.54, 1.807) is 0 Å². The summed E-state index contributed by atoms with van der Waals surface area (Å²) in [4.78, 5) is 16.4. The molecule has 0 aromatic carbocycles. The van der Waals surface area contributed by atoms with Crippen LogP contribution in [-0.2, 0) is 16.1 Å². The number of hydrogen-bond donors (Lipinski definition) is 1. The molecule has 152 valence electrons. The minimum Gasteiger partial charge on any atom is -0.371 e. The number of hydrogen-bond acceptors (Lipinski definition) is 3. The number of aromatic nitrogens is 1. The minimum absolute atomic E-state index is 0.269. The van der Waals surface area contributed by atoms with Crippen LogP contribution in [0.5, 0.6) is 0 Å². The number of amides is 1. The second-order valence-electron chi connectivity index (χ2n) is 10.3. The van der Waals surface area contributed by atoms with Gasteiger partial charge in [-0.1, -0.05) is 19.9 Å². The molecule has 1 N–H and O–H groups in total. The van der Waals surface area contributed by atoms with Crippen LogP contribution in [0, 0.1) is 28.6 Å². The van der Waals surface area contributed by atoms with Gasteiger partial charge in [0.05, 0.1) is 18.4 Å². The van der Waals surface area contributed by atoms with Gasteiger partial charge >= 0.3 is 0 Å². The van der Waals surface area contributed by atoms with Gasteiger partial charge in [-0.2, -0.15) is 0 Å². The van der Waals surface area contributed by atoms with Crippen LogP contribution in [0.2, 0.25) is 0 Å². The predicted octanol–water partition coefficient (Wildman–Crippen LogP) is 4.49. The van der Waals surface area contributed by atoms with Crippen molar-refractivity contribution in [3.63, 3.8) is 0 Å². The number of rotatable bonds is 3. The van der Waals surface area contributed by atoms with Crippen LogP contribution in [0.1, 0.15) is 70.9 Å². The van der Waals surface area contributed by atoms with Crippen molar-refractivity contribution in [2.75, 3.05) is 0 Å². The van der Waals surface area contributed by atoms with Gasteiger partial charge < -0.3 is 10.1 Å². The first-order valence-electron chi connectivity index (χ1n) is 11.3. The molecule has 1 aromatic rings. The van der Waals surface area contributed by atoms with E-state index in [9.17, 15) is 4.79 Å². The fraction of sp³-hybridized carbons (Fsp3) is 0.750. The number of nitrogens with zero attached hydrogens (tertiary/aromatic N) is 1. The van der Waals surface area contributed by atoms with E-state index in [4.69, 9.17) is 4.74 Å². The molecule has 4 aliphatic rings. The first-order valence-corrected chi connectivity index (χ1v) is 11.3. The number of carbonyl (C=O) groups is 1. The van der Waals surface area contributed by atoms with Crippen LogP contribution in [0.25, 0.3) is 0 Å². The summed E-state index contributed by atoms with van der Waals surface area (Å²) in [6.45, 7) is 5.61. The summed E-state index contributed by atoms with van der Waals surface area (Å²) in [5.41, 5.74) is 1.64. The summed E-state index contributed by atoms with van der Waals surface area (Å²) in [5.74, 6) is 2.61. The van der Waals surface area contributed by atoms with Gasteiger partial charge in [-0.3, -0.25) is 9.78 Å². The third kappa shape index (κ3) is 2.82. The minimum atomic E-state index is 0.269. The second-order valence-corrected chi connectivity index (χ2v) is 10.3. The zero-order valence-electron chi connectivity index (χ0n) is 17.3. The van der Waals surface area contributed by atoms with Gasteiger partial charge in [0.25, 0.3) is 0 Å². The van der Waals surface area contributed by atoms with E-state index in [1.165, 1.54) is 32.1 Å². The second kappa shape index (κ2) is 6.83. The Bertz CT molecular complexity index is 737. The first kappa shape index (κ1) is 18.6. The molecule has 1 aromatic heterocycles. The molecular formula is C24H34N2O2. The summed E-state index contributed by atoms with van der Waals surface area (Å²) in [5, 5.41) is 3.34. The van der Waals surface area contributed by atoms with E-state index in [2.05, 4.69) is 30.2 Å². The average Bonchev–Trinajstić information content (AvgIpc) is 3.04. The normalized spacial score (nSPS) is 44.9. The summed E-state index contributed by atoms with van der Waals surface area (Å²) < 4.78 is 6.47. The molecule has 3 saturated carbocycles. The smallest absolute Gasteiger partial charge is 0.220 e. The fourth-order valence-corrected chi connectivity index (χ4v) is 7.60. The van der Waals surface area contributed by atoms with Gasteiger partial charge in [-0.15, -0.1) is 0 Å². The molecule has 4 nitrogen and oxygen atoms in total. The molecule has 2 heterocycles. The van der Waals surface area contributed by atoms with Crippen molar-refractivity contribution in [1.82, 2.24) is 10.3 Å². The lowest BCUT2D eigenvalue weighted by Gasteiger charge is -2.60. The molecule has 1 saturated heterocycles. The largest absolute Gasteiger partial charge is 0.371 e. The molecular weight excluding hydrogens is 348 g/mol. The Kier molecular flexibility index (Phi) is 4.53. The Morgan fingerprint density at radius 3 is 2.75 bits per heavy atom. The highest BCUT2D eigenvalue weighted by atomic mass is 16.5. The van der Waals surface area contributed by atoms with E-state index in [-0.39, 0.29) is 5.91 Å². The maximum absolute atomic E-state index is 12.0. The van der Waals surface area contributed by atoms with Gasteiger partial charge in [0.2, 0.25) is 5.91 Å². The molecule has 1 aliphatic heterocycles. The molecule has 0 radical (unpaired) electrons. The van der Waals surface area contributed by atoms with Crippen LogP contribution >= 0.6 is 0 Å². The monoisotopic (exact) mass is 382 g/mol. The van der Waals surface area contributed by atoms with Crippen molar-refractivity contribution in [3.05, 3.63) is 30.1 Å². The Labute approximate surface area is 168 Å². The number of piperidine rings is 1. The SMILES string of the molecule is C[C@]12CCC(=O)N[C@@H]1CC[C@@H]1[C@@H]2CC[C@]2(C)[C@@H](OCc3ccccn3)CC[C@@H]12. The van der Waals surface area contributed by atoms with E-state index < -0.39 is 0 Å². The lowest BCUT2D eigenvalue weighted by Crippen LogP contribution is -2.61. The van der Waals surface area contributed by atoms with E-state index in [1.807, 2.05) is 18.3 Å². The summed E-state index contributed by atoms with van der Waals surface area (Å²) in [7, 11) is 0. The Morgan fingerprint density at radius 2 is 1.93 bits per heavy atom. The van der Waals surface area contributed by atoms with Crippen molar-refractivity contribution < 1.29 is 9.53 Å². The van der Waals surface area contributed by atoms with Crippen molar-refractivity contribution in [3.8, 4) is 0 Å². The molecule has 0 bridgehead atoms. The van der Waals surface area contributed by atoms with Crippen LogP contribution in [0.4, 0.5) is 0 Å². The van der Waals surface area contributed by atoms with Gasteiger partial charge in [0.1, 0.15) is 0 Å². The summed E-state index contributed by atoms with van der Waals surface area (Å²) in [6.07, 6.45) is 11.5. The third-order valence-electron chi connectivity index (χ3n) is 9.17. The highest BCUT2D eigenvalue weighted by Gasteiger charge is 2.60. The van der Waals surface area contributed by atoms with Gasteiger partial charge in [0, 0.05) is 18.7 Å². The fourth-order valence-electron chi connectivity index (χ4n) is 7.60. The predicted molar refractivity (Wildman–Crippen MR) is 108 cm³/mol. The summed E-state index contributed by atoms with van der Waals surface area (Å²) in [6, 6.07) is 6.46. The van der Waals surface area contributed by atoms with Crippen molar-refractivity contribution >= 4 is 5.91 Å². The number of carbonyl (C=O) groups excluding carboxylic acids is 1. The molecule has 4 fully saturated rings. The molecule has 7 atom stereocenters. The molecule has 0 unspecified atom stereocenters. The quantitative estimate of drug-likeness (QED) is 0.838. The number of ether oxygens (including phenoxy) is 1. The highest BCUT2D eigenvalue weighted by Crippen LogP contribution is 2.64.